The van der Waals surface area contributed by atoms with E-state index in [1.807, 2.05) is 0 Å². The zero-order valence-electron chi connectivity index (χ0n) is 13.5. The minimum atomic E-state index is -1.67. The van der Waals surface area contributed by atoms with E-state index in [0.29, 0.717) is 0 Å². The van der Waals surface area contributed by atoms with E-state index in [-0.39, 0.29) is 19.0 Å². The number of halogens is 3. The zero-order chi connectivity index (χ0) is 17.7. The predicted molar refractivity (Wildman–Crippen MR) is 80.9 cm³/mol. The highest BCUT2D eigenvalue weighted by molar-refractivity contribution is 5.95. The molecular weight excluding hydrogens is 323 g/mol. The molecule has 0 bridgehead atoms. The van der Waals surface area contributed by atoms with Crippen molar-refractivity contribution in [2.24, 2.45) is 0 Å². The fraction of sp³-hybridized carbons (Fsp3) is 0.529. The van der Waals surface area contributed by atoms with Crippen molar-refractivity contribution in [3.63, 3.8) is 0 Å². The van der Waals surface area contributed by atoms with Gasteiger partial charge in [-0.3, -0.25) is 9.59 Å². The molecule has 0 N–H and O–H groups in total. The molecule has 132 valence electrons. The van der Waals surface area contributed by atoms with Gasteiger partial charge < -0.3 is 9.64 Å². The average molecular weight is 343 g/mol. The van der Waals surface area contributed by atoms with Crippen molar-refractivity contribution in [1.82, 2.24) is 4.90 Å². The Hall–Kier alpha value is -2.05. The molecule has 0 aliphatic heterocycles. The molecule has 0 unspecified atom stereocenters. The maximum absolute atomic E-state index is 14.0. The Kier molecular flexibility index (Phi) is 6.23. The zero-order valence-corrected chi connectivity index (χ0v) is 13.5. The second-order valence-electron chi connectivity index (χ2n) is 5.84. The van der Waals surface area contributed by atoms with Gasteiger partial charge in [0.05, 0.1) is 19.1 Å². The summed E-state index contributed by atoms with van der Waals surface area (Å²) < 4.78 is 45.0. The van der Waals surface area contributed by atoms with Gasteiger partial charge in [-0.05, 0) is 25.0 Å². The summed E-state index contributed by atoms with van der Waals surface area (Å²) in [6.45, 7) is 0.0502. The molecule has 24 heavy (non-hydrogen) atoms. The van der Waals surface area contributed by atoms with Crippen LogP contribution in [0.3, 0.4) is 0 Å². The second kappa shape index (κ2) is 8.17. The molecule has 1 aromatic rings. The van der Waals surface area contributed by atoms with E-state index in [0.717, 1.165) is 44.2 Å². The molecule has 4 nitrogen and oxygen atoms in total. The maximum Gasteiger partial charge on any atom is 0.307 e. The SMILES string of the molecule is COC(=O)CCN(C(=O)c1ccc(F)c(F)c1F)C1CCCCC1. The van der Waals surface area contributed by atoms with Crippen molar-refractivity contribution >= 4 is 11.9 Å². The lowest BCUT2D eigenvalue weighted by molar-refractivity contribution is -0.140. The number of rotatable bonds is 5. The molecule has 2 rings (SSSR count). The molecule has 0 aromatic heterocycles. The summed E-state index contributed by atoms with van der Waals surface area (Å²) in [4.78, 5) is 25.4. The third-order valence-corrected chi connectivity index (χ3v) is 4.33. The van der Waals surface area contributed by atoms with Gasteiger partial charge in [-0.25, -0.2) is 13.2 Å². The van der Waals surface area contributed by atoms with Gasteiger partial charge in [0, 0.05) is 12.6 Å². The number of ether oxygens (including phenoxy) is 1. The molecule has 0 radical (unpaired) electrons. The maximum atomic E-state index is 14.0. The Morgan fingerprint density at radius 3 is 2.42 bits per heavy atom. The first-order valence-corrected chi connectivity index (χ1v) is 7.97. The van der Waals surface area contributed by atoms with Gasteiger partial charge in [0.2, 0.25) is 0 Å². The van der Waals surface area contributed by atoms with Crippen molar-refractivity contribution in [2.75, 3.05) is 13.7 Å². The summed E-state index contributed by atoms with van der Waals surface area (Å²) in [5.41, 5.74) is -0.524. The normalized spacial score (nSPS) is 15.2. The topological polar surface area (TPSA) is 46.6 Å². The van der Waals surface area contributed by atoms with Crippen molar-refractivity contribution < 1.29 is 27.5 Å². The summed E-state index contributed by atoms with van der Waals surface area (Å²) >= 11 is 0. The van der Waals surface area contributed by atoms with Crippen molar-refractivity contribution in [3.05, 3.63) is 35.1 Å². The average Bonchev–Trinajstić information content (AvgIpc) is 2.60. The second-order valence-corrected chi connectivity index (χ2v) is 5.84. The van der Waals surface area contributed by atoms with E-state index in [1.54, 1.807) is 0 Å². The summed E-state index contributed by atoms with van der Waals surface area (Å²) in [6.07, 6.45) is 4.33. The van der Waals surface area contributed by atoms with E-state index < -0.39 is 34.9 Å². The van der Waals surface area contributed by atoms with Gasteiger partial charge >= 0.3 is 5.97 Å². The molecule has 1 aliphatic rings. The number of carbonyl (C=O) groups excluding carboxylic acids is 2. The van der Waals surface area contributed by atoms with E-state index in [1.165, 1.54) is 12.0 Å². The minimum Gasteiger partial charge on any atom is -0.469 e. The molecular formula is C17H20F3NO3. The van der Waals surface area contributed by atoms with Crippen molar-refractivity contribution in [1.29, 1.82) is 0 Å². The molecule has 1 aromatic carbocycles. The molecule has 1 amide bonds. The van der Waals surface area contributed by atoms with Crippen molar-refractivity contribution in [3.8, 4) is 0 Å². The molecule has 1 fully saturated rings. The first kappa shape index (κ1) is 18.3. The van der Waals surface area contributed by atoms with E-state index in [9.17, 15) is 22.8 Å². The van der Waals surface area contributed by atoms with Crippen LogP contribution in [0.5, 0.6) is 0 Å². The standard InChI is InChI=1S/C17H20F3NO3/c1-24-14(22)9-10-21(11-5-3-2-4-6-11)17(23)12-7-8-13(18)16(20)15(12)19/h7-8,11H,2-6,9-10H2,1H3. The lowest BCUT2D eigenvalue weighted by Crippen LogP contribution is -2.43. The van der Waals surface area contributed by atoms with Gasteiger partial charge in [-0.15, -0.1) is 0 Å². The van der Waals surface area contributed by atoms with Gasteiger partial charge in [0.15, 0.2) is 17.5 Å². The van der Waals surface area contributed by atoms with Crippen LogP contribution in [0, 0.1) is 17.5 Å². The van der Waals surface area contributed by atoms with Crippen LogP contribution in [0.2, 0.25) is 0 Å². The van der Waals surface area contributed by atoms with E-state index >= 15 is 0 Å². The molecule has 0 saturated heterocycles. The number of methoxy groups -OCH3 is 1. The Morgan fingerprint density at radius 2 is 1.79 bits per heavy atom. The first-order chi connectivity index (χ1) is 11.5. The Bertz CT molecular complexity index is 615. The largest absolute Gasteiger partial charge is 0.469 e. The Morgan fingerprint density at radius 1 is 1.12 bits per heavy atom. The monoisotopic (exact) mass is 343 g/mol. The van der Waals surface area contributed by atoms with Crippen LogP contribution in [0.15, 0.2) is 12.1 Å². The number of hydrogen-bond donors (Lipinski definition) is 0. The summed E-state index contributed by atoms with van der Waals surface area (Å²) in [6, 6.07) is 1.51. The predicted octanol–water partition coefficient (Wildman–Crippen LogP) is 3.44. The number of nitrogens with zero attached hydrogens (tertiary/aromatic N) is 1. The van der Waals surface area contributed by atoms with E-state index in [4.69, 9.17) is 0 Å². The summed E-state index contributed by atoms with van der Waals surface area (Å²) in [5.74, 6) is -5.74. The molecule has 1 saturated carbocycles. The number of hydrogen-bond acceptors (Lipinski definition) is 3. The molecule has 0 heterocycles. The molecule has 7 heteroatoms. The smallest absolute Gasteiger partial charge is 0.307 e. The van der Waals surface area contributed by atoms with Gasteiger partial charge in [-0.1, -0.05) is 19.3 Å². The van der Waals surface area contributed by atoms with Crippen LogP contribution >= 0.6 is 0 Å². The fourth-order valence-corrected chi connectivity index (χ4v) is 3.00. The number of amides is 1. The number of carbonyl (C=O) groups is 2. The highest BCUT2D eigenvalue weighted by Crippen LogP contribution is 2.26. The molecule has 1 aliphatic carbocycles. The lowest BCUT2D eigenvalue weighted by atomic mass is 9.93. The quantitative estimate of drug-likeness (QED) is 0.608. The molecule has 0 spiro atoms. The lowest BCUT2D eigenvalue weighted by Gasteiger charge is -2.34. The van der Waals surface area contributed by atoms with Gasteiger partial charge in [-0.2, -0.15) is 0 Å². The third-order valence-electron chi connectivity index (χ3n) is 4.33. The minimum absolute atomic E-state index is 0.0377. The van der Waals surface area contributed by atoms with Crippen LogP contribution in [-0.2, 0) is 9.53 Å². The number of benzene rings is 1. The van der Waals surface area contributed by atoms with Crippen LogP contribution < -0.4 is 0 Å². The third kappa shape index (κ3) is 4.07. The van der Waals surface area contributed by atoms with Crippen LogP contribution in [0.25, 0.3) is 0 Å². The van der Waals surface area contributed by atoms with Crippen LogP contribution in [0.4, 0.5) is 13.2 Å². The Balaban J connectivity index is 2.26. The summed E-state index contributed by atoms with van der Waals surface area (Å²) in [7, 11) is 1.24. The highest BCUT2D eigenvalue weighted by atomic mass is 19.2. The van der Waals surface area contributed by atoms with Gasteiger partial charge in [0.25, 0.3) is 5.91 Å². The Labute approximate surface area is 138 Å². The van der Waals surface area contributed by atoms with Gasteiger partial charge in [0.1, 0.15) is 0 Å². The fourth-order valence-electron chi connectivity index (χ4n) is 3.00. The highest BCUT2D eigenvalue weighted by Gasteiger charge is 2.29. The van der Waals surface area contributed by atoms with Crippen LogP contribution in [-0.4, -0.2) is 36.5 Å². The number of esters is 1. The molecule has 0 atom stereocenters. The summed E-state index contributed by atoms with van der Waals surface area (Å²) in [5, 5.41) is 0. The van der Waals surface area contributed by atoms with E-state index in [2.05, 4.69) is 4.74 Å². The van der Waals surface area contributed by atoms with Crippen LogP contribution in [0.1, 0.15) is 48.9 Å². The van der Waals surface area contributed by atoms with Crippen molar-refractivity contribution in [2.45, 2.75) is 44.6 Å². The first-order valence-electron chi connectivity index (χ1n) is 7.97.